The van der Waals surface area contributed by atoms with Crippen LogP contribution in [0.2, 0.25) is 0 Å². The van der Waals surface area contributed by atoms with Crippen molar-refractivity contribution in [2.75, 3.05) is 49.1 Å². The average molecular weight is 773 g/mol. The van der Waals surface area contributed by atoms with E-state index in [4.69, 9.17) is 4.52 Å². The van der Waals surface area contributed by atoms with Crippen molar-refractivity contribution in [1.82, 2.24) is 50.1 Å². The third-order valence-corrected chi connectivity index (χ3v) is 10.9. The SMILES string of the molecule is Cc1cc(-c2ncnn3cc(N4CCN(CCCCc5ccc6c(N7CCC(=O)NC7=O)nn(C)c6c5)CC4)cc23)ccc1CNC(=O)c1noc(C(C)(C)C)n1. The fraction of sp³-hybridized carbons (Fsp3) is 0.415. The highest BCUT2D eigenvalue weighted by Gasteiger charge is 2.28. The van der Waals surface area contributed by atoms with E-state index in [0.717, 1.165) is 96.5 Å². The number of rotatable bonds is 11. The Kier molecular flexibility index (Phi) is 10.2. The number of carbonyl (C=O) groups is 3. The van der Waals surface area contributed by atoms with Gasteiger partial charge in [0.15, 0.2) is 5.82 Å². The zero-order valence-electron chi connectivity index (χ0n) is 33.1. The minimum absolute atomic E-state index is 0.0275. The van der Waals surface area contributed by atoms with E-state index < -0.39 is 6.03 Å². The van der Waals surface area contributed by atoms with Gasteiger partial charge >= 0.3 is 6.03 Å². The maximum absolute atomic E-state index is 12.7. The number of aromatic nitrogens is 7. The van der Waals surface area contributed by atoms with Gasteiger partial charge in [0.1, 0.15) is 6.33 Å². The molecule has 2 aromatic carbocycles. The number of amides is 4. The number of benzene rings is 2. The maximum Gasteiger partial charge on any atom is 0.329 e. The number of hydrogen-bond donors (Lipinski definition) is 2. The van der Waals surface area contributed by atoms with Crippen molar-refractivity contribution in [2.24, 2.45) is 7.05 Å². The van der Waals surface area contributed by atoms with E-state index in [0.29, 0.717) is 24.8 Å². The highest BCUT2D eigenvalue weighted by Crippen LogP contribution is 2.30. The van der Waals surface area contributed by atoms with E-state index in [-0.39, 0.29) is 29.5 Å². The predicted molar refractivity (Wildman–Crippen MR) is 215 cm³/mol. The fourth-order valence-electron chi connectivity index (χ4n) is 7.53. The first-order chi connectivity index (χ1) is 27.4. The van der Waals surface area contributed by atoms with E-state index in [9.17, 15) is 14.4 Å². The Morgan fingerprint density at radius 2 is 1.81 bits per heavy atom. The summed E-state index contributed by atoms with van der Waals surface area (Å²) < 4.78 is 8.99. The van der Waals surface area contributed by atoms with Crippen LogP contribution in [0.1, 0.15) is 73.2 Å². The minimum atomic E-state index is -0.421. The monoisotopic (exact) mass is 772 g/mol. The van der Waals surface area contributed by atoms with Crippen LogP contribution in [0, 0.1) is 6.92 Å². The van der Waals surface area contributed by atoms with Gasteiger partial charge in [-0.05, 0) is 73.7 Å². The normalized spacial score (nSPS) is 15.5. The van der Waals surface area contributed by atoms with Crippen molar-refractivity contribution >= 4 is 45.8 Å². The van der Waals surface area contributed by atoms with Crippen molar-refractivity contribution < 1.29 is 18.9 Å². The number of imide groups is 1. The summed E-state index contributed by atoms with van der Waals surface area (Å²) in [4.78, 5) is 52.2. The van der Waals surface area contributed by atoms with Gasteiger partial charge in [-0.3, -0.25) is 29.4 Å². The highest BCUT2D eigenvalue weighted by molar-refractivity contribution is 6.08. The molecule has 8 rings (SSSR count). The summed E-state index contributed by atoms with van der Waals surface area (Å²) in [5.41, 5.74) is 7.80. The predicted octanol–water partition coefficient (Wildman–Crippen LogP) is 4.79. The summed E-state index contributed by atoms with van der Waals surface area (Å²) >= 11 is 0. The Bertz CT molecular complexity index is 2470. The molecule has 0 radical (unpaired) electrons. The van der Waals surface area contributed by atoms with E-state index in [1.165, 1.54) is 5.56 Å². The summed E-state index contributed by atoms with van der Waals surface area (Å²) in [6, 6.07) is 14.2. The summed E-state index contributed by atoms with van der Waals surface area (Å²) in [7, 11) is 1.89. The molecule has 2 saturated heterocycles. The molecule has 16 nitrogen and oxygen atoms in total. The molecule has 296 valence electrons. The first-order valence-corrected chi connectivity index (χ1v) is 19.5. The quantitative estimate of drug-likeness (QED) is 0.174. The standard InChI is InChI=1S/C41H48N12O4/c1-26-20-28(10-11-29(26)23-42-38(55)36-46-39(57-48-36)41(2,3)4)35-33-22-30(24-53(33)44-25-43-35)51-18-16-50(17-19-51)14-7-6-8-27-9-12-31-32(21-27)49(5)47-37(31)52-15-13-34(54)45-40(52)56/h9-12,20-22,24-25H,6-8,13-19,23H2,1-5H3,(H,42,55)(H,45,54,56). The maximum atomic E-state index is 12.7. The van der Waals surface area contributed by atoms with Crippen LogP contribution < -0.4 is 20.4 Å². The third kappa shape index (κ3) is 7.94. The van der Waals surface area contributed by atoms with Crippen LogP contribution >= 0.6 is 0 Å². The number of nitrogens with one attached hydrogen (secondary N) is 2. The number of carbonyl (C=O) groups excluding carboxylic acids is 3. The van der Waals surface area contributed by atoms with E-state index in [1.54, 1.807) is 11.2 Å². The second-order valence-electron chi connectivity index (χ2n) is 16.0. The van der Waals surface area contributed by atoms with Gasteiger partial charge < -0.3 is 14.7 Å². The molecule has 16 heteroatoms. The zero-order valence-corrected chi connectivity index (χ0v) is 33.1. The van der Waals surface area contributed by atoms with Crippen LogP contribution in [0.25, 0.3) is 27.7 Å². The summed E-state index contributed by atoms with van der Waals surface area (Å²) in [6.07, 6.45) is 7.09. The number of unbranched alkanes of at least 4 members (excludes halogenated alkanes) is 1. The molecule has 57 heavy (non-hydrogen) atoms. The second-order valence-corrected chi connectivity index (χ2v) is 16.0. The lowest BCUT2D eigenvalue weighted by Gasteiger charge is -2.35. The van der Waals surface area contributed by atoms with Gasteiger partial charge in [-0.2, -0.15) is 15.2 Å². The summed E-state index contributed by atoms with van der Waals surface area (Å²) in [5.74, 6) is 0.403. The third-order valence-electron chi connectivity index (χ3n) is 10.9. The minimum Gasteiger partial charge on any atom is -0.368 e. The number of piperazine rings is 1. The van der Waals surface area contributed by atoms with Gasteiger partial charge in [0.05, 0.1) is 28.6 Å². The Labute approximate surface area is 330 Å². The molecular formula is C41H48N12O4. The number of urea groups is 1. The molecule has 6 aromatic rings. The van der Waals surface area contributed by atoms with Gasteiger partial charge in [-0.25, -0.2) is 14.3 Å². The van der Waals surface area contributed by atoms with Gasteiger partial charge in [0, 0.05) is 69.1 Å². The van der Waals surface area contributed by atoms with Gasteiger partial charge in [-0.15, -0.1) is 0 Å². The Morgan fingerprint density at radius 1 is 0.982 bits per heavy atom. The number of nitrogens with zero attached hydrogens (tertiary/aromatic N) is 10. The van der Waals surface area contributed by atoms with Gasteiger partial charge in [-0.1, -0.05) is 44.1 Å². The molecule has 0 bridgehead atoms. The molecule has 0 spiro atoms. The lowest BCUT2D eigenvalue weighted by Crippen LogP contribution is -2.49. The van der Waals surface area contributed by atoms with E-state index in [1.807, 2.05) is 62.1 Å². The lowest BCUT2D eigenvalue weighted by molar-refractivity contribution is -0.120. The number of aryl methyl sites for hydroxylation is 3. The summed E-state index contributed by atoms with van der Waals surface area (Å²) in [6.45, 7) is 13.5. The molecule has 4 amide bonds. The molecule has 2 fully saturated rings. The average Bonchev–Trinajstić information content (AvgIpc) is 3.94. The van der Waals surface area contributed by atoms with Crippen LogP contribution in [-0.4, -0.2) is 96.5 Å². The molecule has 4 aromatic heterocycles. The molecule has 2 aliphatic heterocycles. The van der Waals surface area contributed by atoms with Gasteiger partial charge in [0.25, 0.3) is 11.7 Å². The van der Waals surface area contributed by atoms with Crippen molar-refractivity contribution in [2.45, 2.75) is 65.3 Å². The van der Waals surface area contributed by atoms with Crippen molar-refractivity contribution in [3.05, 3.63) is 83.4 Å². The fourth-order valence-corrected chi connectivity index (χ4v) is 7.53. The zero-order chi connectivity index (χ0) is 39.8. The van der Waals surface area contributed by atoms with Gasteiger partial charge in [0.2, 0.25) is 11.8 Å². The van der Waals surface area contributed by atoms with Crippen LogP contribution in [0.5, 0.6) is 0 Å². The first-order valence-electron chi connectivity index (χ1n) is 19.5. The molecule has 2 N–H and O–H groups in total. The van der Waals surface area contributed by atoms with E-state index >= 15 is 0 Å². The Balaban J connectivity index is 0.829. The van der Waals surface area contributed by atoms with Crippen LogP contribution in [0.4, 0.5) is 16.3 Å². The number of hydrogen-bond acceptors (Lipinski definition) is 11. The lowest BCUT2D eigenvalue weighted by atomic mass is 9.97. The largest absolute Gasteiger partial charge is 0.368 e. The van der Waals surface area contributed by atoms with Crippen LogP contribution in [0.3, 0.4) is 0 Å². The van der Waals surface area contributed by atoms with Crippen molar-refractivity contribution in [3.63, 3.8) is 0 Å². The Hall–Kier alpha value is -6.16. The molecular weight excluding hydrogens is 725 g/mol. The molecule has 0 aliphatic carbocycles. The smallest absolute Gasteiger partial charge is 0.329 e. The molecule has 0 atom stereocenters. The van der Waals surface area contributed by atoms with Crippen LogP contribution in [-0.2, 0) is 30.2 Å². The first kappa shape index (κ1) is 37.7. The van der Waals surface area contributed by atoms with Crippen molar-refractivity contribution in [1.29, 1.82) is 0 Å². The number of anilines is 2. The summed E-state index contributed by atoms with van der Waals surface area (Å²) in [5, 5.41) is 19.2. The van der Waals surface area contributed by atoms with Crippen LogP contribution in [0.15, 0.2) is 59.5 Å². The molecule has 0 saturated carbocycles. The van der Waals surface area contributed by atoms with Crippen molar-refractivity contribution in [3.8, 4) is 11.3 Å². The number of fused-ring (bicyclic) bond motifs is 2. The molecule has 0 unspecified atom stereocenters. The van der Waals surface area contributed by atoms with E-state index in [2.05, 4.69) is 76.2 Å². The topological polar surface area (TPSA) is 172 Å². The highest BCUT2D eigenvalue weighted by atomic mass is 16.5. The molecule has 2 aliphatic rings. The molecule has 6 heterocycles. The Morgan fingerprint density at radius 3 is 2.56 bits per heavy atom. The second kappa shape index (κ2) is 15.4.